The van der Waals surface area contributed by atoms with E-state index in [1.54, 1.807) is 0 Å². The van der Waals surface area contributed by atoms with Crippen LogP contribution in [0.5, 0.6) is 0 Å². The van der Waals surface area contributed by atoms with Crippen LogP contribution < -0.4 is 0 Å². The van der Waals surface area contributed by atoms with Gasteiger partial charge in [0.05, 0.1) is 12.1 Å². The van der Waals surface area contributed by atoms with E-state index in [1.165, 1.54) is 0 Å². The lowest BCUT2D eigenvalue weighted by Crippen LogP contribution is -2.39. The van der Waals surface area contributed by atoms with E-state index in [-0.39, 0.29) is 5.91 Å². The van der Waals surface area contributed by atoms with Gasteiger partial charge in [-0.25, -0.2) is 4.98 Å². The molecular formula is C19H21N5O. The first-order valence-corrected chi connectivity index (χ1v) is 8.68. The van der Waals surface area contributed by atoms with E-state index in [2.05, 4.69) is 34.7 Å². The maximum atomic E-state index is 12.3. The third-order valence-corrected chi connectivity index (χ3v) is 4.52. The van der Waals surface area contributed by atoms with Gasteiger partial charge in [0.1, 0.15) is 5.69 Å². The van der Waals surface area contributed by atoms with Crippen molar-refractivity contribution in [2.75, 3.05) is 6.54 Å². The van der Waals surface area contributed by atoms with Crippen molar-refractivity contribution in [3.63, 3.8) is 0 Å². The summed E-state index contributed by atoms with van der Waals surface area (Å²) in [6.45, 7) is 6.04. The quantitative estimate of drug-likeness (QED) is 0.738. The summed E-state index contributed by atoms with van der Waals surface area (Å²) in [4.78, 5) is 18.9. The first-order chi connectivity index (χ1) is 12.1. The van der Waals surface area contributed by atoms with Gasteiger partial charge in [0, 0.05) is 24.9 Å². The number of amides is 1. The standard InChI is InChI=1S/C19H21N5O/c1-13(2)11-18(25)23-9-10-24-17(12-23)21-22-19(24)16-8-7-14-5-3-4-6-15(14)20-16/h3-8,13H,9-12H2,1-2H3. The molecule has 6 nitrogen and oxygen atoms in total. The van der Waals surface area contributed by atoms with E-state index >= 15 is 0 Å². The van der Waals surface area contributed by atoms with Crippen molar-refractivity contribution in [3.05, 3.63) is 42.2 Å². The smallest absolute Gasteiger partial charge is 0.223 e. The summed E-state index contributed by atoms with van der Waals surface area (Å²) in [6.07, 6.45) is 0.577. The molecule has 6 heteroatoms. The summed E-state index contributed by atoms with van der Waals surface area (Å²) >= 11 is 0. The number of aromatic nitrogens is 4. The molecule has 3 aromatic rings. The molecule has 0 radical (unpaired) electrons. The van der Waals surface area contributed by atoms with Crippen LogP contribution in [0.15, 0.2) is 36.4 Å². The minimum atomic E-state index is 0.189. The SMILES string of the molecule is CC(C)CC(=O)N1CCn2c(nnc2-c2ccc3ccccc3n2)C1. The number of rotatable bonds is 3. The van der Waals surface area contributed by atoms with E-state index in [4.69, 9.17) is 4.98 Å². The zero-order chi connectivity index (χ0) is 17.4. The van der Waals surface area contributed by atoms with E-state index in [0.29, 0.717) is 32.0 Å². The van der Waals surface area contributed by atoms with Crippen LogP contribution in [0.3, 0.4) is 0 Å². The van der Waals surface area contributed by atoms with Gasteiger partial charge in [0.2, 0.25) is 5.91 Å². The van der Waals surface area contributed by atoms with Crippen LogP contribution >= 0.6 is 0 Å². The summed E-state index contributed by atoms with van der Waals surface area (Å²) < 4.78 is 2.08. The fraction of sp³-hybridized carbons (Fsp3) is 0.368. The van der Waals surface area contributed by atoms with Gasteiger partial charge in [-0.05, 0) is 18.1 Å². The minimum absolute atomic E-state index is 0.189. The van der Waals surface area contributed by atoms with Crippen LogP contribution in [0.2, 0.25) is 0 Å². The van der Waals surface area contributed by atoms with Crippen molar-refractivity contribution in [2.24, 2.45) is 5.92 Å². The topological polar surface area (TPSA) is 63.9 Å². The van der Waals surface area contributed by atoms with Crippen LogP contribution in [0.25, 0.3) is 22.4 Å². The molecule has 0 bridgehead atoms. The summed E-state index contributed by atoms with van der Waals surface area (Å²) in [6, 6.07) is 12.1. The molecule has 0 spiro atoms. The molecule has 128 valence electrons. The Morgan fingerprint density at radius 3 is 2.80 bits per heavy atom. The van der Waals surface area contributed by atoms with Crippen LogP contribution in [0, 0.1) is 5.92 Å². The molecule has 0 saturated heterocycles. The van der Waals surface area contributed by atoms with E-state index in [1.807, 2.05) is 35.2 Å². The molecule has 0 atom stereocenters. The lowest BCUT2D eigenvalue weighted by atomic mass is 10.1. The fourth-order valence-corrected chi connectivity index (χ4v) is 3.23. The maximum Gasteiger partial charge on any atom is 0.223 e. The molecule has 0 N–H and O–H groups in total. The average Bonchev–Trinajstić information content (AvgIpc) is 3.04. The lowest BCUT2D eigenvalue weighted by molar-refractivity contribution is -0.133. The zero-order valence-electron chi connectivity index (χ0n) is 14.5. The van der Waals surface area contributed by atoms with Crippen LogP contribution in [-0.2, 0) is 17.9 Å². The van der Waals surface area contributed by atoms with Gasteiger partial charge < -0.3 is 9.47 Å². The molecule has 0 saturated carbocycles. The second kappa shape index (κ2) is 6.27. The first kappa shape index (κ1) is 15.7. The van der Waals surface area contributed by atoms with Gasteiger partial charge in [-0.2, -0.15) is 0 Å². The van der Waals surface area contributed by atoms with Gasteiger partial charge in [-0.15, -0.1) is 10.2 Å². The third kappa shape index (κ3) is 2.99. The lowest BCUT2D eigenvalue weighted by Gasteiger charge is -2.28. The Morgan fingerprint density at radius 1 is 1.12 bits per heavy atom. The minimum Gasteiger partial charge on any atom is -0.333 e. The van der Waals surface area contributed by atoms with Crippen LogP contribution in [0.4, 0.5) is 0 Å². The van der Waals surface area contributed by atoms with Crippen LogP contribution in [-0.4, -0.2) is 37.1 Å². The monoisotopic (exact) mass is 335 g/mol. The molecule has 1 amide bonds. The Morgan fingerprint density at radius 2 is 1.96 bits per heavy atom. The number of benzene rings is 1. The number of carbonyl (C=O) groups is 1. The molecule has 25 heavy (non-hydrogen) atoms. The Kier molecular flexibility index (Phi) is 3.95. The molecule has 3 heterocycles. The molecule has 2 aromatic heterocycles. The molecule has 0 fully saturated rings. The first-order valence-electron chi connectivity index (χ1n) is 8.68. The van der Waals surface area contributed by atoms with Gasteiger partial charge in [-0.3, -0.25) is 4.79 Å². The Bertz CT molecular complexity index is 930. The molecular weight excluding hydrogens is 314 g/mol. The van der Waals surface area contributed by atoms with Gasteiger partial charge in [0.15, 0.2) is 11.6 Å². The molecule has 0 aliphatic carbocycles. The van der Waals surface area contributed by atoms with Crippen molar-refractivity contribution in [2.45, 2.75) is 33.4 Å². The largest absolute Gasteiger partial charge is 0.333 e. The molecule has 1 aromatic carbocycles. The summed E-state index contributed by atoms with van der Waals surface area (Å²) in [7, 11) is 0. The van der Waals surface area contributed by atoms with E-state index < -0.39 is 0 Å². The second-order valence-corrected chi connectivity index (χ2v) is 6.89. The number of hydrogen-bond acceptors (Lipinski definition) is 4. The Hall–Kier alpha value is -2.76. The fourth-order valence-electron chi connectivity index (χ4n) is 3.23. The maximum absolute atomic E-state index is 12.3. The summed E-state index contributed by atoms with van der Waals surface area (Å²) in [5, 5.41) is 9.75. The Balaban J connectivity index is 1.62. The predicted molar refractivity (Wildman–Crippen MR) is 95.6 cm³/mol. The number of pyridine rings is 1. The normalized spacial score (nSPS) is 14.1. The predicted octanol–water partition coefficient (Wildman–Crippen LogP) is 2.88. The summed E-state index contributed by atoms with van der Waals surface area (Å²) in [5.41, 5.74) is 1.77. The number of nitrogens with zero attached hydrogens (tertiary/aromatic N) is 5. The molecule has 4 rings (SSSR count). The van der Waals surface area contributed by atoms with Crippen LogP contribution in [0.1, 0.15) is 26.1 Å². The van der Waals surface area contributed by atoms with Crippen molar-refractivity contribution in [1.82, 2.24) is 24.6 Å². The highest BCUT2D eigenvalue weighted by Crippen LogP contribution is 2.23. The second-order valence-electron chi connectivity index (χ2n) is 6.89. The highest BCUT2D eigenvalue weighted by molar-refractivity contribution is 5.80. The zero-order valence-corrected chi connectivity index (χ0v) is 14.5. The van der Waals surface area contributed by atoms with Gasteiger partial charge >= 0.3 is 0 Å². The van der Waals surface area contributed by atoms with Crippen molar-refractivity contribution >= 4 is 16.8 Å². The molecule has 0 unspecified atom stereocenters. The van der Waals surface area contributed by atoms with E-state index in [0.717, 1.165) is 28.2 Å². The number of hydrogen-bond donors (Lipinski definition) is 0. The summed E-state index contributed by atoms with van der Waals surface area (Å²) in [5.74, 6) is 2.16. The third-order valence-electron chi connectivity index (χ3n) is 4.52. The van der Waals surface area contributed by atoms with E-state index in [9.17, 15) is 4.79 Å². The van der Waals surface area contributed by atoms with Crippen molar-refractivity contribution in [1.29, 1.82) is 0 Å². The highest BCUT2D eigenvalue weighted by atomic mass is 16.2. The van der Waals surface area contributed by atoms with Crippen molar-refractivity contribution < 1.29 is 4.79 Å². The number of para-hydroxylation sites is 1. The Labute approximate surface area is 146 Å². The number of carbonyl (C=O) groups excluding carboxylic acids is 1. The molecule has 1 aliphatic heterocycles. The average molecular weight is 335 g/mol. The number of fused-ring (bicyclic) bond motifs is 2. The van der Waals surface area contributed by atoms with Gasteiger partial charge in [-0.1, -0.05) is 38.1 Å². The molecule has 1 aliphatic rings. The van der Waals surface area contributed by atoms with Crippen molar-refractivity contribution in [3.8, 4) is 11.5 Å². The van der Waals surface area contributed by atoms with Gasteiger partial charge in [0.25, 0.3) is 0 Å². The highest BCUT2D eigenvalue weighted by Gasteiger charge is 2.25.